The molecule has 0 aromatic heterocycles. The first-order chi connectivity index (χ1) is 6.38. The Kier molecular flexibility index (Phi) is 2.82. The maximum absolute atomic E-state index is 2.22. The van der Waals surface area contributed by atoms with Crippen LogP contribution in [0.5, 0.6) is 0 Å². The third kappa shape index (κ3) is 2.01. The van der Waals surface area contributed by atoms with Crippen molar-refractivity contribution in [2.45, 2.75) is 12.8 Å². The number of allylic oxidation sites excluding steroid dienone is 10. The molecular weight excluding hydrogens is 192 g/mol. The van der Waals surface area contributed by atoms with Gasteiger partial charge in [0.15, 0.2) is 0 Å². The molecule has 0 radical (unpaired) electrons. The van der Waals surface area contributed by atoms with Crippen LogP contribution in [-0.4, -0.2) is 0 Å². The Balaban J connectivity index is 2.31. The average Bonchev–Trinajstić information content (AvgIpc) is 2.56. The van der Waals surface area contributed by atoms with E-state index in [9.17, 15) is 0 Å². The van der Waals surface area contributed by atoms with Crippen LogP contribution >= 0.6 is 0 Å². The monoisotopic (exact) mass is 203 g/mol. The standard InChI is InChI=1S/C12H11.Ti/c1-2-4-8-11(7-3-1)12-9-5-6-10-12;/h1-3,5-7,9H,4,10H2;. The fraction of sp³-hybridized carbons (Fsp3) is 0.167. The van der Waals surface area contributed by atoms with Crippen LogP contribution in [0.3, 0.4) is 0 Å². The van der Waals surface area contributed by atoms with Crippen molar-refractivity contribution in [2.75, 3.05) is 0 Å². The summed E-state index contributed by atoms with van der Waals surface area (Å²) in [6.45, 7) is 0. The van der Waals surface area contributed by atoms with Crippen LogP contribution in [0.1, 0.15) is 12.8 Å². The molecule has 13 heavy (non-hydrogen) atoms. The van der Waals surface area contributed by atoms with E-state index in [-0.39, 0.29) is 0 Å². The predicted molar refractivity (Wildman–Crippen MR) is 51.8 cm³/mol. The van der Waals surface area contributed by atoms with Crippen LogP contribution in [0.4, 0.5) is 0 Å². The summed E-state index contributed by atoms with van der Waals surface area (Å²) in [6.07, 6.45) is 17.4. The zero-order valence-electron chi connectivity index (χ0n) is 7.46. The van der Waals surface area contributed by atoms with Crippen LogP contribution in [-0.2, 0) is 20.4 Å². The second-order valence-corrected chi connectivity index (χ2v) is 4.15. The van der Waals surface area contributed by atoms with Crippen molar-refractivity contribution >= 4 is 0 Å². The molecule has 2 rings (SSSR count). The zero-order valence-corrected chi connectivity index (χ0v) is 9.02. The second-order valence-electron chi connectivity index (χ2n) is 3.21. The van der Waals surface area contributed by atoms with E-state index in [1.165, 1.54) is 15.0 Å². The molecule has 0 bridgehead atoms. The van der Waals surface area contributed by atoms with Gasteiger partial charge in [-0.1, -0.05) is 0 Å². The van der Waals surface area contributed by atoms with Crippen LogP contribution in [0.2, 0.25) is 0 Å². The first-order valence-electron chi connectivity index (χ1n) is 4.52. The summed E-state index contributed by atoms with van der Waals surface area (Å²) in [5.74, 6) is 0. The Labute approximate surface area is 90.8 Å². The van der Waals surface area contributed by atoms with E-state index < -0.39 is 0 Å². The van der Waals surface area contributed by atoms with Gasteiger partial charge in [0.25, 0.3) is 0 Å². The molecule has 0 atom stereocenters. The molecule has 0 saturated heterocycles. The molecule has 63 valence electrons. The molecule has 0 saturated carbocycles. The van der Waals surface area contributed by atoms with E-state index in [0.29, 0.717) is 0 Å². The van der Waals surface area contributed by atoms with E-state index in [0.717, 1.165) is 12.8 Å². The molecule has 0 aromatic rings. The molecule has 2 aliphatic rings. The van der Waals surface area contributed by atoms with Crippen molar-refractivity contribution in [1.29, 1.82) is 0 Å². The Bertz CT molecular complexity index is 351. The number of rotatable bonds is 1. The summed E-state index contributed by atoms with van der Waals surface area (Å²) in [5, 5.41) is 0. The second kappa shape index (κ2) is 4.08. The summed E-state index contributed by atoms with van der Waals surface area (Å²) in [5.41, 5.74) is 2.88. The van der Waals surface area contributed by atoms with Crippen molar-refractivity contribution < 1.29 is 20.4 Å². The molecule has 0 N–H and O–H groups in total. The van der Waals surface area contributed by atoms with Gasteiger partial charge in [-0.3, -0.25) is 0 Å². The topological polar surface area (TPSA) is 0 Å². The Morgan fingerprint density at radius 2 is 1.85 bits per heavy atom. The van der Waals surface area contributed by atoms with Gasteiger partial charge in [0.2, 0.25) is 0 Å². The van der Waals surface area contributed by atoms with Crippen LogP contribution in [0, 0.1) is 0 Å². The third-order valence-electron chi connectivity index (χ3n) is 2.27. The van der Waals surface area contributed by atoms with Gasteiger partial charge < -0.3 is 0 Å². The van der Waals surface area contributed by atoms with Crippen molar-refractivity contribution in [3.05, 3.63) is 57.6 Å². The summed E-state index contributed by atoms with van der Waals surface area (Å²) < 4.78 is 1.47. The fourth-order valence-corrected chi connectivity index (χ4v) is 2.14. The fourth-order valence-electron chi connectivity index (χ4n) is 1.57. The molecule has 0 aliphatic heterocycles. The van der Waals surface area contributed by atoms with Crippen LogP contribution < -0.4 is 0 Å². The normalized spacial score (nSPS) is 20.7. The van der Waals surface area contributed by atoms with Crippen LogP contribution in [0.25, 0.3) is 0 Å². The minimum absolute atomic E-state index is 1.08. The SMILES string of the molecule is [Ti][C]1=C(C2=CC=CC2)C=CC=CC1. The van der Waals surface area contributed by atoms with Gasteiger partial charge in [-0.05, 0) is 0 Å². The zero-order chi connectivity index (χ0) is 9.10. The van der Waals surface area contributed by atoms with E-state index >= 15 is 0 Å². The first-order valence-corrected chi connectivity index (χ1v) is 5.30. The van der Waals surface area contributed by atoms with E-state index in [1.54, 1.807) is 0 Å². The number of hydrogen-bond acceptors (Lipinski definition) is 0. The van der Waals surface area contributed by atoms with E-state index in [4.69, 9.17) is 0 Å². The van der Waals surface area contributed by atoms with Gasteiger partial charge in [0.1, 0.15) is 0 Å². The summed E-state index contributed by atoms with van der Waals surface area (Å²) in [4.78, 5) is 0. The molecule has 0 heterocycles. The summed E-state index contributed by atoms with van der Waals surface area (Å²) in [7, 11) is 0. The predicted octanol–water partition coefficient (Wildman–Crippen LogP) is 3.19. The van der Waals surface area contributed by atoms with Gasteiger partial charge in [-0.2, -0.15) is 0 Å². The van der Waals surface area contributed by atoms with Crippen molar-refractivity contribution in [2.24, 2.45) is 0 Å². The molecule has 0 fully saturated rings. The summed E-state index contributed by atoms with van der Waals surface area (Å²) >= 11 is 2.22. The quantitative estimate of drug-likeness (QED) is 0.574. The molecular formula is C12H11Ti. The average molecular weight is 203 g/mol. The number of hydrogen-bond donors (Lipinski definition) is 0. The van der Waals surface area contributed by atoms with E-state index in [2.05, 4.69) is 63.0 Å². The minimum atomic E-state index is 1.08. The van der Waals surface area contributed by atoms with Crippen molar-refractivity contribution in [1.82, 2.24) is 0 Å². The van der Waals surface area contributed by atoms with E-state index in [1.807, 2.05) is 0 Å². The van der Waals surface area contributed by atoms with Gasteiger partial charge >= 0.3 is 90.8 Å². The Hall–Kier alpha value is -0.586. The van der Waals surface area contributed by atoms with Gasteiger partial charge in [-0.25, -0.2) is 0 Å². The van der Waals surface area contributed by atoms with Gasteiger partial charge in [0, 0.05) is 0 Å². The van der Waals surface area contributed by atoms with Gasteiger partial charge in [0.05, 0.1) is 0 Å². The molecule has 1 heteroatoms. The molecule has 0 nitrogen and oxygen atoms in total. The van der Waals surface area contributed by atoms with Crippen LogP contribution in [0.15, 0.2) is 57.6 Å². The Morgan fingerprint density at radius 1 is 1.00 bits per heavy atom. The summed E-state index contributed by atoms with van der Waals surface area (Å²) in [6, 6.07) is 0. The molecule has 0 amide bonds. The van der Waals surface area contributed by atoms with Crippen molar-refractivity contribution in [3.8, 4) is 0 Å². The van der Waals surface area contributed by atoms with Crippen molar-refractivity contribution in [3.63, 3.8) is 0 Å². The molecule has 0 spiro atoms. The molecule has 2 aliphatic carbocycles. The third-order valence-corrected chi connectivity index (χ3v) is 3.01. The van der Waals surface area contributed by atoms with Gasteiger partial charge in [-0.15, -0.1) is 0 Å². The molecule has 0 unspecified atom stereocenters. The Morgan fingerprint density at radius 3 is 2.62 bits per heavy atom. The maximum atomic E-state index is 2.22. The first kappa shape index (κ1) is 8.99. The molecule has 0 aromatic carbocycles.